The molecule has 0 saturated heterocycles. The molecule has 0 heterocycles. The summed E-state index contributed by atoms with van der Waals surface area (Å²) in [6.07, 6.45) is 2.50. The van der Waals surface area contributed by atoms with E-state index >= 15 is 0 Å². The molecule has 0 aromatic heterocycles. The third-order valence-corrected chi connectivity index (χ3v) is 3.37. The molecule has 0 amide bonds. The Bertz CT molecular complexity index is 521. The van der Waals surface area contributed by atoms with Crippen molar-refractivity contribution >= 4 is 11.5 Å². The summed E-state index contributed by atoms with van der Waals surface area (Å²) in [4.78, 5) is 14.1. The summed E-state index contributed by atoms with van der Waals surface area (Å²) in [5.41, 5.74) is 2.91. The van der Waals surface area contributed by atoms with Crippen molar-refractivity contribution < 1.29 is 9.53 Å². The minimum atomic E-state index is 0.260. The topological polar surface area (TPSA) is 41.6 Å². The maximum atomic E-state index is 12.1. The van der Waals surface area contributed by atoms with Crippen LogP contribution in [0, 0.1) is 0 Å². The van der Waals surface area contributed by atoms with Crippen molar-refractivity contribution in [3.63, 3.8) is 0 Å². The number of hydrogen-bond donors (Lipinski definition) is 1. The number of ether oxygens (including phenoxy) is 1. The van der Waals surface area contributed by atoms with E-state index in [1.165, 1.54) is 0 Å². The Labute approximate surface area is 120 Å². The molecule has 4 nitrogen and oxygen atoms in total. The van der Waals surface area contributed by atoms with Crippen LogP contribution in [0.4, 0.5) is 5.69 Å². The lowest BCUT2D eigenvalue weighted by atomic mass is 9.94. The zero-order valence-electron chi connectivity index (χ0n) is 12.4. The number of carbonyl (C=O) groups is 1. The van der Waals surface area contributed by atoms with Crippen molar-refractivity contribution in [2.75, 3.05) is 33.1 Å². The Morgan fingerprint density at radius 3 is 2.80 bits per heavy atom. The molecule has 0 saturated carbocycles. The highest BCUT2D eigenvalue weighted by Crippen LogP contribution is 2.26. The molecule has 0 spiro atoms. The normalized spacial score (nSPS) is 15.7. The first-order valence-corrected chi connectivity index (χ1v) is 6.91. The van der Waals surface area contributed by atoms with E-state index in [2.05, 4.69) is 5.32 Å². The van der Waals surface area contributed by atoms with Gasteiger partial charge in [-0.25, -0.2) is 0 Å². The minimum Gasteiger partial charge on any atom is -0.497 e. The Kier molecular flexibility index (Phi) is 4.79. The lowest BCUT2D eigenvalue weighted by Gasteiger charge is -2.23. The molecule has 0 aliphatic heterocycles. The van der Waals surface area contributed by atoms with Crippen LogP contribution in [0.3, 0.4) is 0 Å². The molecule has 0 unspecified atom stereocenters. The number of benzene rings is 1. The van der Waals surface area contributed by atoms with Gasteiger partial charge in [0.05, 0.1) is 7.11 Å². The Morgan fingerprint density at radius 2 is 2.10 bits per heavy atom. The molecular weight excluding hydrogens is 252 g/mol. The number of hydrogen-bond acceptors (Lipinski definition) is 4. The lowest BCUT2D eigenvalue weighted by molar-refractivity contribution is -0.116. The summed E-state index contributed by atoms with van der Waals surface area (Å²) in [6, 6.07) is 7.78. The lowest BCUT2D eigenvalue weighted by Crippen LogP contribution is -2.25. The zero-order chi connectivity index (χ0) is 14.5. The van der Waals surface area contributed by atoms with Crippen LogP contribution in [0.1, 0.15) is 19.3 Å². The molecule has 108 valence electrons. The van der Waals surface area contributed by atoms with Crippen molar-refractivity contribution in [3.05, 3.63) is 35.5 Å². The van der Waals surface area contributed by atoms with Crippen LogP contribution in [0.25, 0.3) is 0 Å². The highest BCUT2D eigenvalue weighted by atomic mass is 16.5. The van der Waals surface area contributed by atoms with Gasteiger partial charge in [0.15, 0.2) is 5.78 Å². The van der Waals surface area contributed by atoms with Gasteiger partial charge in [-0.05, 0) is 39.1 Å². The van der Waals surface area contributed by atoms with Crippen LogP contribution in [0.15, 0.2) is 35.5 Å². The van der Waals surface area contributed by atoms with Crippen molar-refractivity contribution in [1.29, 1.82) is 0 Å². The van der Waals surface area contributed by atoms with Crippen LogP contribution >= 0.6 is 0 Å². The van der Waals surface area contributed by atoms with E-state index in [1.54, 1.807) is 7.11 Å². The molecule has 1 aliphatic rings. The maximum Gasteiger partial charge on any atom is 0.161 e. The SMILES string of the molecule is COc1cccc(NC2=C(CN(C)C)C(=O)CCC2)c1. The molecule has 20 heavy (non-hydrogen) atoms. The van der Waals surface area contributed by atoms with Crippen LogP contribution in [-0.2, 0) is 4.79 Å². The molecule has 1 N–H and O–H groups in total. The van der Waals surface area contributed by atoms with Gasteiger partial charge in [-0.15, -0.1) is 0 Å². The van der Waals surface area contributed by atoms with Crippen molar-refractivity contribution in [2.24, 2.45) is 0 Å². The van der Waals surface area contributed by atoms with E-state index in [9.17, 15) is 4.79 Å². The van der Waals surface area contributed by atoms with Gasteiger partial charge in [0.25, 0.3) is 0 Å². The number of allylic oxidation sites excluding steroid dienone is 1. The predicted molar refractivity (Wildman–Crippen MR) is 81.1 cm³/mol. The van der Waals surface area contributed by atoms with Gasteiger partial charge in [0.2, 0.25) is 0 Å². The largest absolute Gasteiger partial charge is 0.497 e. The van der Waals surface area contributed by atoms with Gasteiger partial charge in [-0.3, -0.25) is 4.79 Å². The second kappa shape index (κ2) is 6.57. The number of likely N-dealkylation sites (N-methyl/N-ethyl adjacent to an activating group) is 1. The molecule has 4 heteroatoms. The Morgan fingerprint density at radius 1 is 1.30 bits per heavy atom. The van der Waals surface area contributed by atoms with E-state index in [-0.39, 0.29) is 5.78 Å². The summed E-state index contributed by atoms with van der Waals surface area (Å²) in [6.45, 7) is 0.686. The first-order chi connectivity index (χ1) is 9.60. The Balaban J connectivity index is 2.24. The van der Waals surface area contributed by atoms with Crippen molar-refractivity contribution in [3.8, 4) is 5.75 Å². The number of nitrogens with zero attached hydrogens (tertiary/aromatic N) is 1. The van der Waals surface area contributed by atoms with Crippen LogP contribution in [0.5, 0.6) is 5.75 Å². The summed E-state index contributed by atoms with van der Waals surface area (Å²) in [5, 5.41) is 3.39. The molecule has 1 aliphatic carbocycles. The van der Waals surface area contributed by atoms with Crippen LogP contribution in [0.2, 0.25) is 0 Å². The van der Waals surface area contributed by atoms with E-state index in [1.807, 2.05) is 43.3 Å². The summed E-state index contributed by atoms with van der Waals surface area (Å²) < 4.78 is 5.23. The average molecular weight is 274 g/mol. The molecular formula is C16H22N2O2. The predicted octanol–water partition coefficient (Wildman–Crippen LogP) is 2.68. The fourth-order valence-corrected chi connectivity index (χ4v) is 2.41. The van der Waals surface area contributed by atoms with E-state index in [4.69, 9.17) is 4.74 Å². The van der Waals surface area contributed by atoms with Gasteiger partial charge in [0, 0.05) is 36.0 Å². The first-order valence-electron chi connectivity index (χ1n) is 6.91. The minimum absolute atomic E-state index is 0.260. The van der Waals surface area contributed by atoms with Crippen LogP contribution in [-0.4, -0.2) is 38.4 Å². The molecule has 0 bridgehead atoms. The number of Topliss-reactive ketones (excluding diaryl/α,β-unsaturated/α-hetero) is 1. The summed E-state index contributed by atoms with van der Waals surface area (Å²) in [5.74, 6) is 1.07. The highest BCUT2D eigenvalue weighted by molar-refractivity contribution is 5.97. The quantitative estimate of drug-likeness (QED) is 0.896. The molecule has 0 fully saturated rings. The van der Waals surface area contributed by atoms with Gasteiger partial charge in [-0.1, -0.05) is 6.07 Å². The first kappa shape index (κ1) is 14.6. The van der Waals surface area contributed by atoms with E-state index in [0.29, 0.717) is 13.0 Å². The number of ketones is 1. The zero-order valence-corrected chi connectivity index (χ0v) is 12.4. The second-order valence-corrected chi connectivity index (χ2v) is 5.33. The third kappa shape index (κ3) is 3.61. The smallest absolute Gasteiger partial charge is 0.161 e. The van der Waals surface area contributed by atoms with Gasteiger partial charge in [0.1, 0.15) is 5.75 Å². The molecule has 1 aromatic carbocycles. The molecule has 0 atom stereocenters. The van der Waals surface area contributed by atoms with Gasteiger partial charge in [-0.2, -0.15) is 0 Å². The average Bonchev–Trinajstić information content (AvgIpc) is 2.42. The number of methoxy groups -OCH3 is 1. The molecule has 1 aromatic rings. The van der Waals surface area contributed by atoms with Gasteiger partial charge < -0.3 is 15.0 Å². The number of carbonyl (C=O) groups excluding carboxylic acids is 1. The van der Waals surface area contributed by atoms with E-state index in [0.717, 1.165) is 35.5 Å². The van der Waals surface area contributed by atoms with Gasteiger partial charge >= 0.3 is 0 Å². The third-order valence-electron chi connectivity index (χ3n) is 3.37. The standard InChI is InChI=1S/C16H22N2O2/c1-18(2)11-14-15(8-5-9-16(14)19)17-12-6-4-7-13(10-12)20-3/h4,6-7,10,17H,5,8-9,11H2,1-3H3. The fraction of sp³-hybridized carbons (Fsp3) is 0.438. The Hall–Kier alpha value is -1.81. The summed E-state index contributed by atoms with van der Waals surface area (Å²) in [7, 11) is 5.62. The monoisotopic (exact) mass is 274 g/mol. The maximum absolute atomic E-state index is 12.1. The second-order valence-electron chi connectivity index (χ2n) is 5.33. The number of nitrogens with one attached hydrogen (secondary N) is 1. The molecule has 2 rings (SSSR count). The fourth-order valence-electron chi connectivity index (χ4n) is 2.41. The molecule has 0 radical (unpaired) electrons. The number of anilines is 1. The van der Waals surface area contributed by atoms with Crippen molar-refractivity contribution in [2.45, 2.75) is 19.3 Å². The number of rotatable bonds is 5. The van der Waals surface area contributed by atoms with E-state index < -0.39 is 0 Å². The van der Waals surface area contributed by atoms with Crippen molar-refractivity contribution in [1.82, 2.24) is 4.90 Å². The summed E-state index contributed by atoms with van der Waals surface area (Å²) >= 11 is 0. The highest BCUT2D eigenvalue weighted by Gasteiger charge is 2.21. The van der Waals surface area contributed by atoms with Crippen LogP contribution < -0.4 is 10.1 Å².